The number of nitrogens with one attached hydrogen (secondary N) is 1. The Bertz CT molecular complexity index is 965. The largest absolute Gasteiger partial charge is 0.379 e. The number of para-hydroxylation sites is 2. The van der Waals surface area contributed by atoms with Crippen LogP contribution < -0.4 is 5.32 Å². The lowest BCUT2D eigenvalue weighted by Gasteiger charge is -2.27. The van der Waals surface area contributed by atoms with Gasteiger partial charge in [0.2, 0.25) is 0 Å². The van der Waals surface area contributed by atoms with Crippen LogP contribution in [-0.2, 0) is 17.7 Å². The van der Waals surface area contributed by atoms with Gasteiger partial charge < -0.3 is 14.6 Å². The number of morpholine rings is 1. The molecule has 1 amide bonds. The van der Waals surface area contributed by atoms with Crippen molar-refractivity contribution in [3.05, 3.63) is 64.9 Å². The molecule has 152 valence electrons. The van der Waals surface area contributed by atoms with Crippen molar-refractivity contribution < 1.29 is 9.53 Å². The monoisotopic (exact) mass is 412 g/mol. The fourth-order valence-corrected chi connectivity index (χ4v) is 3.75. The second kappa shape index (κ2) is 9.39. The molecule has 6 nitrogen and oxygen atoms in total. The van der Waals surface area contributed by atoms with Crippen LogP contribution in [0.4, 0.5) is 0 Å². The van der Waals surface area contributed by atoms with Crippen molar-refractivity contribution in [3.63, 3.8) is 0 Å². The van der Waals surface area contributed by atoms with Crippen LogP contribution in [0.1, 0.15) is 16.2 Å². The summed E-state index contributed by atoms with van der Waals surface area (Å²) in [5.41, 5.74) is 2.74. The molecule has 4 rings (SSSR count). The average Bonchev–Trinajstić information content (AvgIpc) is 3.11. The Labute approximate surface area is 175 Å². The van der Waals surface area contributed by atoms with Gasteiger partial charge in [-0.15, -0.1) is 0 Å². The molecular formula is C22H25ClN4O2. The summed E-state index contributed by atoms with van der Waals surface area (Å²) in [4.78, 5) is 19.6. The summed E-state index contributed by atoms with van der Waals surface area (Å²) < 4.78 is 7.72. The Hall–Kier alpha value is -2.41. The minimum atomic E-state index is -0.0994. The number of rotatable bonds is 7. The van der Waals surface area contributed by atoms with Crippen LogP contribution in [0.2, 0.25) is 5.02 Å². The molecule has 0 bridgehead atoms. The maximum atomic E-state index is 12.3. The van der Waals surface area contributed by atoms with E-state index in [0.29, 0.717) is 23.6 Å². The van der Waals surface area contributed by atoms with Crippen LogP contribution in [0.5, 0.6) is 0 Å². The lowest BCUT2D eigenvalue weighted by atomic mass is 10.2. The Morgan fingerprint density at radius 2 is 1.83 bits per heavy atom. The van der Waals surface area contributed by atoms with E-state index in [1.807, 2.05) is 18.2 Å². The van der Waals surface area contributed by atoms with E-state index in [4.69, 9.17) is 21.3 Å². The molecule has 0 atom stereocenters. The topological polar surface area (TPSA) is 59.4 Å². The highest BCUT2D eigenvalue weighted by Crippen LogP contribution is 2.17. The molecule has 29 heavy (non-hydrogen) atoms. The Morgan fingerprint density at radius 3 is 2.62 bits per heavy atom. The van der Waals surface area contributed by atoms with Gasteiger partial charge >= 0.3 is 0 Å². The predicted octanol–water partition coefficient (Wildman–Crippen LogP) is 2.99. The smallest absolute Gasteiger partial charge is 0.251 e. The van der Waals surface area contributed by atoms with E-state index in [1.165, 1.54) is 0 Å². The molecule has 0 saturated carbocycles. The Morgan fingerprint density at radius 1 is 1.07 bits per heavy atom. The summed E-state index contributed by atoms with van der Waals surface area (Å²) >= 11 is 5.89. The molecule has 0 radical (unpaired) electrons. The molecule has 2 heterocycles. The lowest BCUT2D eigenvalue weighted by molar-refractivity contribution is 0.0364. The van der Waals surface area contributed by atoms with Gasteiger partial charge in [-0.3, -0.25) is 9.69 Å². The minimum absolute atomic E-state index is 0.0994. The molecule has 3 aromatic rings. The van der Waals surface area contributed by atoms with Crippen LogP contribution >= 0.6 is 11.6 Å². The van der Waals surface area contributed by atoms with E-state index < -0.39 is 0 Å². The van der Waals surface area contributed by atoms with Crippen molar-refractivity contribution in [1.29, 1.82) is 0 Å². The molecule has 7 heteroatoms. The number of amides is 1. The van der Waals surface area contributed by atoms with Crippen molar-refractivity contribution >= 4 is 28.5 Å². The highest BCUT2D eigenvalue weighted by atomic mass is 35.5. The van der Waals surface area contributed by atoms with Crippen LogP contribution in [0.15, 0.2) is 48.5 Å². The number of aromatic nitrogens is 2. The van der Waals surface area contributed by atoms with Gasteiger partial charge in [-0.05, 0) is 36.4 Å². The maximum Gasteiger partial charge on any atom is 0.251 e. The summed E-state index contributed by atoms with van der Waals surface area (Å²) in [6.07, 6.45) is 0.678. The van der Waals surface area contributed by atoms with Gasteiger partial charge in [0.1, 0.15) is 5.82 Å². The van der Waals surface area contributed by atoms with Crippen molar-refractivity contribution in [2.45, 2.75) is 13.0 Å². The zero-order valence-electron chi connectivity index (χ0n) is 16.3. The molecule has 2 aromatic carbocycles. The third-order valence-corrected chi connectivity index (χ3v) is 5.47. The lowest BCUT2D eigenvalue weighted by Crippen LogP contribution is -2.38. The molecule has 0 unspecified atom stereocenters. The van der Waals surface area contributed by atoms with Gasteiger partial charge in [0.05, 0.1) is 24.2 Å². The highest BCUT2D eigenvalue weighted by Gasteiger charge is 2.14. The van der Waals surface area contributed by atoms with Gasteiger partial charge in [-0.2, -0.15) is 0 Å². The SMILES string of the molecule is O=C(NCCc1nc2ccccc2n1CCN1CCOCC1)c1ccc(Cl)cc1. The number of halogens is 1. The Kier molecular flexibility index (Phi) is 6.44. The van der Waals surface area contributed by atoms with Crippen LogP contribution in [0, 0.1) is 0 Å². The van der Waals surface area contributed by atoms with Crippen LogP contribution in [0.3, 0.4) is 0 Å². The standard InChI is InChI=1S/C22H25ClN4O2/c23-18-7-5-17(6-8-18)22(28)24-10-9-21-25-19-3-1-2-4-20(19)27(21)12-11-26-13-15-29-16-14-26/h1-8H,9-16H2,(H,24,28). The van der Waals surface area contributed by atoms with E-state index in [1.54, 1.807) is 24.3 Å². The number of carbonyl (C=O) groups excluding carboxylic acids is 1. The highest BCUT2D eigenvalue weighted by molar-refractivity contribution is 6.30. The normalized spacial score (nSPS) is 14.9. The number of carbonyl (C=O) groups is 1. The van der Waals surface area contributed by atoms with Crippen molar-refractivity contribution in [2.75, 3.05) is 39.4 Å². The van der Waals surface area contributed by atoms with E-state index in [0.717, 1.165) is 56.3 Å². The number of benzene rings is 2. The third kappa shape index (κ3) is 4.96. The predicted molar refractivity (Wildman–Crippen MR) is 114 cm³/mol. The molecule has 0 spiro atoms. The van der Waals surface area contributed by atoms with Gasteiger partial charge in [-0.1, -0.05) is 23.7 Å². The molecule has 1 aliphatic rings. The van der Waals surface area contributed by atoms with Gasteiger partial charge in [-0.25, -0.2) is 4.98 Å². The summed E-state index contributed by atoms with van der Waals surface area (Å²) in [6.45, 7) is 5.91. The number of hydrogen-bond acceptors (Lipinski definition) is 4. The van der Waals surface area contributed by atoms with E-state index in [-0.39, 0.29) is 5.91 Å². The van der Waals surface area contributed by atoms with Gasteiger partial charge in [0, 0.05) is 49.7 Å². The second-order valence-electron chi connectivity index (χ2n) is 7.14. The second-order valence-corrected chi connectivity index (χ2v) is 7.57. The molecule has 1 N–H and O–H groups in total. The van der Waals surface area contributed by atoms with Gasteiger partial charge in [0.25, 0.3) is 5.91 Å². The van der Waals surface area contributed by atoms with E-state index in [2.05, 4.69) is 20.9 Å². The fourth-order valence-electron chi connectivity index (χ4n) is 3.62. The first-order chi connectivity index (χ1) is 14.2. The Balaban J connectivity index is 1.42. The first-order valence-corrected chi connectivity index (χ1v) is 10.4. The van der Waals surface area contributed by atoms with Crippen molar-refractivity contribution in [3.8, 4) is 0 Å². The number of imidazole rings is 1. The quantitative estimate of drug-likeness (QED) is 0.648. The molecule has 0 aliphatic carbocycles. The number of nitrogens with zero attached hydrogens (tertiary/aromatic N) is 3. The summed E-state index contributed by atoms with van der Waals surface area (Å²) in [5, 5.41) is 3.60. The first-order valence-electron chi connectivity index (χ1n) is 9.99. The zero-order chi connectivity index (χ0) is 20.1. The van der Waals surface area contributed by atoms with E-state index in [9.17, 15) is 4.79 Å². The number of fused-ring (bicyclic) bond motifs is 1. The van der Waals surface area contributed by atoms with Crippen molar-refractivity contribution in [1.82, 2.24) is 19.8 Å². The van der Waals surface area contributed by atoms with Gasteiger partial charge in [0.15, 0.2) is 0 Å². The van der Waals surface area contributed by atoms with Crippen molar-refractivity contribution in [2.24, 2.45) is 0 Å². The number of ether oxygens (including phenoxy) is 1. The molecule has 1 fully saturated rings. The average molecular weight is 413 g/mol. The van der Waals surface area contributed by atoms with E-state index >= 15 is 0 Å². The summed E-state index contributed by atoms with van der Waals surface area (Å²) in [6, 6.07) is 15.1. The van der Waals surface area contributed by atoms with Crippen LogP contribution in [0.25, 0.3) is 11.0 Å². The molecule has 1 aliphatic heterocycles. The zero-order valence-corrected chi connectivity index (χ0v) is 17.1. The van der Waals surface area contributed by atoms with Crippen LogP contribution in [-0.4, -0.2) is 59.8 Å². The summed E-state index contributed by atoms with van der Waals surface area (Å²) in [7, 11) is 0. The fraction of sp³-hybridized carbons (Fsp3) is 0.364. The number of hydrogen-bond donors (Lipinski definition) is 1. The molecular weight excluding hydrogens is 388 g/mol. The molecule has 1 aromatic heterocycles. The third-order valence-electron chi connectivity index (χ3n) is 5.22. The first kappa shape index (κ1) is 19.9. The summed E-state index contributed by atoms with van der Waals surface area (Å²) in [5.74, 6) is 0.897. The minimum Gasteiger partial charge on any atom is -0.379 e. The maximum absolute atomic E-state index is 12.3. The molecule has 1 saturated heterocycles.